The Kier molecular flexibility index (Phi) is 11.5. The van der Waals surface area contributed by atoms with Crippen LogP contribution in [0.3, 0.4) is 0 Å². The summed E-state index contributed by atoms with van der Waals surface area (Å²) in [6.07, 6.45) is -3.04. The van der Waals surface area contributed by atoms with Gasteiger partial charge < -0.3 is 19.7 Å². The van der Waals surface area contributed by atoms with E-state index in [1.165, 1.54) is 10.4 Å². The van der Waals surface area contributed by atoms with Crippen LogP contribution in [0.15, 0.2) is 42.0 Å². The second kappa shape index (κ2) is 13.9. The van der Waals surface area contributed by atoms with Gasteiger partial charge >= 0.3 is 24.3 Å². The van der Waals surface area contributed by atoms with Crippen molar-refractivity contribution in [2.24, 2.45) is 0 Å². The first-order valence-electron chi connectivity index (χ1n) is 11.2. The van der Waals surface area contributed by atoms with Crippen LogP contribution >= 0.6 is 11.3 Å². The molecule has 15 heteroatoms. The van der Waals surface area contributed by atoms with Gasteiger partial charge in [0.05, 0.1) is 24.9 Å². The number of piperidine rings is 1. The summed E-state index contributed by atoms with van der Waals surface area (Å²) in [4.78, 5) is 25.8. The van der Waals surface area contributed by atoms with Crippen molar-refractivity contribution in [2.45, 2.75) is 56.5 Å². The maximum Gasteiger partial charge on any atom is 0.490 e. The smallest absolute Gasteiger partial charge is 0.475 e. The van der Waals surface area contributed by atoms with Crippen LogP contribution in [-0.2, 0) is 32.2 Å². The molecule has 212 valence electrons. The molecule has 8 nitrogen and oxygen atoms in total. The number of likely N-dealkylation sites (tertiary alicyclic amines) is 1. The highest BCUT2D eigenvalue weighted by molar-refractivity contribution is 7.09. The van der Waals surface area contributed by atoms with E-state index >= 15 is 0 Å². The highest BCUT2D eigenvalue weighted by Gasteiger charge is 2.43. The summed E-state index contributed by atoms with van der Waals surface area (Å²) in [7, 11) is 0. The van der Waals surface area contributed by atoms with Crippen molar-refractivity contribution >= 4 is 23.3 Å². The number of carboxylic acid groups (broad SMARTS) is 2. The molecule has 2 saturated heterocycles. The molecular formula is C23H26F6N2O6S. The molecule has 1 atom stereocenters. The van der Waals surface area contributed by atoms with Crippen LogP contribution in [0.2, 0.25) is 0 Å². The van der Waals surface area contributed by atoms with Gasteiger partial charge in [0.15, 0.2) is 0 Å². The monoisotopic (exact) mass is 572 g/mol. The van der Waals surface area contributed by atoms with E-state index in [0.717, 1.165) is 45.5 Å². The van der Waals surface area contributed by atoms with E-state index < -0.39 is 24.3 Å². The quantitative estimate of drug-likeness (QED) is 0.495. The van der Waals surface area contributed by atoms with Gasteiger partial charge in [0.1, 0.15) is 0 Å². The van der Waals surface area contributed by atoms with Crippen LogP contribution in [0.25, 0.3) is 0 Å². The van der Waals surface area contributed by atoms with Crippen molar-refractivity contribution in [2.75, 3.05) is 19.7 Å². The highest BCUT2D eigenvalue weighted by atomic mass is 32.1. The molecule has 2 aliphatic heterocycles. The number of aliphatic carboxylic acids is 2. The average Bonchev–Trinajstić information content (AvgIpc) is 3.50. The number of rotatable bonds is 5. The fraction of sp³-hybridized carbons (Fsp3) is 0.522. The minimum Gasteiger partial charge on any atom is -0.475 e. The van der Waals surface area contributed by atoms with Crippen molar-refractivity contribution in [3.63, 3.8) is 0 Å². The number of thiophene rings is 1. The molecule has 0 saturated carbocycles. The van der Waals surface area contributed by atoms with Crippen LogP contribution in [0.5, 0.6) is 0 Å². The van der Waals surface area contributed by atoms with Crippen molar-refractivity contribution in [3.8, 4) is 0 Å². The third-order valence-corrected chi connectivity index (χ3v) is 6.48. The number of aromatic nitrogens is 1. The lowest BCUT2D eigenvalue weighted by Gasteiger charge is -2.38. The normalized spacial score (nSPS) is 19.2. The summed E-state index contributed by atoms with van der Waals surface area (Å²) < 4.78 is 75.7. The minimum absolute atomic E-state index is 0.0505. The summed E-state index contributed by atoms with van der Waals surface area (Å²) in [6, 6.07) is 8.38. The number of nitrogens with zero attached hydrogens (tertiary/aromatic N) is 2. The number of hydrogen-bond donors (Lipinski definition) is 2. The molecule has 0 amide bonds. The lowest BCUT2D eigenvalue weighted by Crippen LogP contribution is -2.43. The van der Waals surface area contributed by atoms with Crippen LogP contribution in [0.1, 0.15) is 29.7 Å². The number of carboxylic acids is 2. The summed E-state index contributed by atoms with van der Waals surface area (Å²) >= 11 is 1.85. The molecule has 2 N–H and O–H groups in total. The fourth-order valence-corrected chi connectivity index (χ4v) is 4.44. The average molecular weight is 573 g/mol. The molecule has 0 aliphatic carbocycles. The molecular weight excluding hydrogens is 546 g/mol. The van der Waals surface area contributed by atoms with E-state index in [0.29, 0.717) is 6.61 Å². The van der Waals surface area contributed by atoms with Gasteiger partial charge in [0.2, 0.25) is 0 Å². The predicted molar refractivity (Wildman–Crippen MR) is 122 cm³/mol. The Bertz CT molecular complexity index is 972. The van der Waals surface area contributed by atoms with E-state index in [9.17, 15) is 26.3 Å². The second-order valence-corrected chi connectivity index (χ2v) is 9.48. The van der Waals surface area contributed by atoms with E-state index in [2.05, 4.69) is 27.4 Å². The van der Waals surface area contributed by atoms with Gasteiger partial charge in [0, 0.05) is 43.3 Å². The van der Waals surface area contributed by atoms with Gasteiger partial charge in [-0.1, -0.05) is 6.07 Å². The summed E-state index contributed by atoms with van der Waals surface area (Å²) in [5.74, 6) is -5.51. The van der Waals surface area contributed by atoms with Crippen molar-refractivity contribution < 1.29 is 55.6 Å². The number of carbonyl (C=O) groups is 2. The van der Waals surface area contributed by atoms with Gasteiger partial charge in [0.25, 0.3) is 0 Å². The third-order valence-electron chi connectivity index (χ3n) is 5.62. The third kappa shape index (κ3) is 10.9. The molecule has 2 aromatic rings. The molecule has 0 radical (unpaired) electrons. The van der Waals surface area contributed by atoms with Crippen LogP contribution in [-0.4, -0.2) is 75.8 Å². The lowest BCUT2D eigenvalue weighted by molar-refractivity contribution is -0.193. The first-order chi connectivity index (χ1) is 17.7. The zero-order valence-corrected chi connectivity index (χ0v) is 20.7. The van der Waals surface area contributed by atoms with E-state index in [4.69, 9.17) is 29.3 Å². The van der Waals surface area contributed by atoms with E-state index in [1.807, 2.05) is 35.9 Å². The Balaban J connectivity index is 0.000000301. The van der Waals surface area contributed by atoms with Gasteiger partial charge in [-0.15, -0.1) is 11.3 Å². The number of pyridine rings is 1. The molecule has 0 aromatic carbocycles. The summed E-state index contributed by atoms with van der Waals surface area (Å²) in [5.41, 5.74) is 1.23. The molecule has 4 heterocycles. The van der Waals surface area contributed by atoms with E-state index in [1.54, 1.807) is 0 Å². The van der Waals surface area contributed by atoms with Crippen molar-refractivity contribution in [1.82, 2.24) is 9.88 Å². The Hall–Kier alpha value is -2.75. The Morgan fingerprint density at radius 2 is 1.61 bits per heavy atom. The van der Waals surface area contributed by atoms with Crippen molar-refractivity contribution in [1.29, 1.82) is 0 Å². The first kappa shape index (κ1) is 31.5. The van der Waals surface area contributed by atoms with E-state index in [-0.39, 0.29) is 11.7 Å². The van der Waals surface area contributed by atoms with Crippen LogP contribution < -0.4 is 0 Å². The largest absolute Gasteiger partial charge is 0.490 e. The molecule has 1 unspecified atom stereocenters. The maximum absolute atomic E-state index is 10.6. The van der Waals surface area contributed by atoms with Gasteiger partial charge in [-0.05, 0) is 42.0 Å². The zero-order valence-electron chi connectivity index (χ0n) is 19.9. The number of ether oxygens (including phenoxy) is 2. The molecule has 38 heavy (non-hydrogen) atoms. The molecule has 1 spiro atoms. The minimum atomic E-state index is -5.08. The van der Waals surface area contributed by atoms with Gasteiger partial charge in [-0.2, -0.15) is 26.3 Å². The Morgan fingerprint density at radius 3 is 2.08 bits per heavy atom. The van der Waals surface area contributed by atoms with Gasteiger partial charge in [-0.3, -0.25) is 9.88 Å². The number of halogens is 6. The molecule has 4 rings (SSSR count). The van der Waals surface area contributed by atoms with Gasteiger partial charge in [-0.25, -0.2) is 9.59 Å². The summed E-state index contributed by atoms with van der Waals surface area (Å²) in [6.45, 7) is 4.70. The fourth-order valence-electron chi connectivity index (χ4n) is 3.69. The number of alkyl halides is 6. The molecule has 2 aromatic heterocycles. The lowest BCUT2D eigenvalue weighted by atomic mass is 9.88. The second-order valence-electron chi connectivity index (χ2n) is 8.45. The standard InChI is InChI=1S/C19H24N2O2S.2C2HF3O2/c1-2-18(24-11-1)13-21-9-5-19(6-10-21)12-17(15-23-19)22-14-16-3-7-20-8-4-16;2*3-2(4,5)1(6)7/h1-4,7-8,11,17H,5-6,9-10,12-15H2;2*(H,6,7). The molecule has 2 aliphatic rings. The number of hydrogen-bond acceptors (Lipinski definition) is 7. The zero-order chi connectivity index (χ0) is 28.4. The maximum atomic E-state index is 10.6. The molecule has 2 fully saturated rings. The molecule has 0 bridgehead atoms. The predicted octanol–water partition coefficient (Wildman–Crippen LogP) is 4.75. The Labute approximate surface area is 217 Å². The topological polar surface area (TPSA) is 109 Å². The highest BCUT2D eigenvalue weighted by Crippen LogP contribution is 2.37. The Morgan fingerprint density at radius 1 is 1.05 bits per heavy atom. The SMILES string of the molecule is O=C(O)C(F)(F)F.O=C(O)C(F)(F)F.c1csc(CN2CCC3(CC2)CC(OCc2ccncc2)CO3)c1. The summed E-state index contributed by atoms with van der Waals surface area (Å²) in [5, 5.41) is 16.4. The van der Waals surface area contributed by atoms with Crippen LogP contribution in [0.4, 0.5) is 26.3 Å². The van der Waals surface area contributed by atoms with Crippen molar-refractivity contribution in [3.05, 3.63) is 52.5 Å². The van der Waals surface area contributed by atoms with Crippen LogP contribution in [0, 0.1) is 0 Å². The first-order valence-corrected chi connectivity index (χ1v) is 12.1.